The third kappa shape index (κ3) is 3.00. The molecule has 9 heteroatoms. The quantitative estimate of drug-likeness (QED) is 0.756. The summed E-state index contributed by atoms with van der Waals surface area (Å²) in [6, 6.07) is 8.43. The third-order valence-corrected chi connectivity index (χ3v) is 4.64. The summed E-state index contributed by atoms with van der Waals surface area (Å²) in [6.45, 7) is 0. The molecule has 0 radical (unpaired) electrons. The SMILES string of the molecule is Cn1ccc(-c2cc(S(=O)(=O)Nc3ccc(C#N)cc3F)c[nH]2)n1. The summed E-state index contributed by atoms with van der Waals surface area (Å²) in [4.78, 5) is 2.78. The standard InChI is InChI=1S/C15H12FN5O2S/c1-21-5-4-14(19-21)15-7-11(9-18-15)24(22,23)20-13-3-2-10(8-17)6-12(13)16/h2-7,9,18,20H,1H3. The Labute approximate surface area is 137 Å². The maximum atomic E-state index is 13.9. The van der Waals surface area contributed by atoms with Gasteiger partial charge in [0.2, 0.25) is 0 Å². The number of aromatic amines is 1. The van der Waals surface area contributed by atoms with Crippen LogP contribution in [0.1, 0.15) is 5.56 Å². The van der Waals surface area contributed by atoms with Crippen molar-refractivity contribution in [2.45, 2.75) is 4.90 Å². The van der Waals surface area contributed by atoms with Crippen LogP contribution in [-0.2, 0) is 17.1 Å². The molecule has 0 atom stereocenters. The van der Waals surface area contributed by atoms with E-state index in [-0.39, 0.29) is 16.1 Å². The Balaban J connectivity index is 1.89. The molecule has 0 saturated carbocycles. The van der Waals surface area contributed by atoms with Crippen molar-refractivity contribution in [3.8, 4) is 17.5 Å². The molecular weight excluding hydrogens is 333 g/mol. The average Bonchev–Trinajstić information content (AvgIpc) is 3.18. The normalized spacial score (nSPS) is 11.2. The number of aromatic nitrogens is 3. The Bertz CT molecular complexity index is 1050. The second-order valence-corrected chi connectivity index (χ2v) is 6.72. The van der Waals surface area contributed by atoms with Crippen molar-refractivity contribution >= 4 is 15.7 Å². The average molecular weight is 345 g/mol. The summed E-state index contributed by atoms with van der Waals surface area (Å²) in [6.07, 6.45) is 3.03. The molecule has 24 heavy (non-hydrogen) atoms. The number of sulfonamides is 1. The third-order valence-electron chi connectivity index (χ3n) is 3.30. The maximum Gasteiger partial charge on any atom is 0.263 e. The van der Waals surface area contributed by atoms with Crippen LogP contribution in [0.2, 0.25) is 0 Å². The molecule has 0 spiro atoms. The molecule has 0 aliphatic carbocycles. The van der Waals surface area contributed by atoms with Crippen LogP contribution in [0.5, 0.6) is 0 Å². The maximum absolute atomic E-state index is 13.9. The highest BCUT2D eigenvalue weighted by atomic mass is 32.2. The summed E-state index contributed by atoms with van der Waals surface area (Å²) in [5.41, 5.74) is 0.990. The van der Waals surface area contributed by atoms with Gasteiger partial charge in [-0.25, -0.2) is 12.8 Å². The zero-order chi connectivity index (χ0) is 17.3. The summed E-state index contributed by atoms with van der Waals surface area (Å²) in [5.74, 6) is -0.821. The molecule has 0 aliphatic rings. The summed E-state index contributed by atoms with van der Waals surface area (Å²) >= 11 is 0. The second-order valence-electron chi connectivity index (χ2n) is 5.04. The van der Waals surface area contributed by atoms with Crippen molar-refractivity contribution in [1.82, 2.24) is 14.8 Å². The molecule has 2 aromatic heterocycles. The van der Waals surface area contributed by atoms with Crippen LogP contribution in [0.3, 0.4) is 0 Å². The number of benzene rings is 1. The van der Waals surface area contributed by atoms with Gasteiger partial charge in [0.15, 0.2) is 0 Å². The number of nitrogens with one attached hydrogen (secondary N) is 2. The van der Waals surface area contributed by atoms with Crippen molar-refractivity contribution in [2.75, 3.05) is 4.72 Å². The van der Waals surface area contributed by atoms with E-state index < -0.39 is 15.8 Å². The highest BCUT2D eigenvalue weighted by molar-refractivity contribution is 7.92. The van der Waals surface area contributed by atoms with Crippen LogP contribution >= 0.6 is 0 Å². The van der Waals surface area contributed by atoms with Crippen molar-refractivity contribution in [3.63, 3.8) is 0 Å². The van der Waals surface area contributed by atoms with Crippen LogP contribution < -0.4 is 4.72 Å². The highest BCUT2D eigenvalue weighted by Crippen LogP contribution is 2.23. The first-order chi connectivity index (χ1) is 11.4. The summed E-state index contributed by atoms with van der Waals surface area (Å²) in [7, 11) is -2.23. The molecule has 3 rings (SSSR count). The van der Waals surface area contributed by atoms with Crippen LogP contribution in [0.15, 0.2) is 47.6 Å². The van der Waals surface area contributed by atoms with Gasteiger partial charge in [0.1, 0.15) is 16.4 Å². The molecule has 7 nitrogen and oxygen atoms in total. The predicted octanol–water partition coefficient (Wildman–Crippen LogP) is 2.23. The van der Waals surface area contributed by atoms with Gasteiger partial charge in [0, 0.05) is 19.4 Å². The van der Waals surface area contributed by atoms with Gasteiger partial charge >= 0.3 is 0 Å². The monoisotopic (exact) mass is 345 g/mol. The summed E-state index contributed by atoms with van der Waals surface area (Å²) in [5, 5.41) is 12.9. The first-order valence-corrected chi connectivity index (χ1v) is 8.28. The van der Waals surface area contributed by atoms with E-state index in [0.717, 1.165) is 6.07 Å². The molecule has 0 fully saturated rings. The number of hydrogen-bond donors (Lipinski definition) is 2. The zero-order valence-corrected chi connectivity index (χ0v) is 13.3. The van der Waals surface area contributed by atoms with E-state index in [2.05, 4.69) is 14.8 Å². The van der Waals surface area contributed by atoms with E-state index >= 15 is 0 Å². The Hall–Kier alpha value is -3.12. The number of nitrogens with zero attached hydrogens (tertiary/aromatic N) is 3. The zero-order valence-electron chi connectivity index (χ0n) is 12.5. The summed E-state index contributed by atoms with van der Waals surface area (Å²) < 4.78 is 42.4. The first kappa shape index (κ1) is 15.8. The molecule has 0 saturated heterocycles. The minimum absolute atomic E-state index is 0.0492. The Morgan fingerprint density at radius 1 is 1.33 bits per heavy atom. The lowest BCUT2D eigenvalue weighted by atomic mass is 10.2. The molecular formula is C15H12FN5O2S. The molecule has 1 aromatic carbocycles. The Morgan fingerprint density at radius 2 is 2.12 bits per heavy atom. The number of hydrogen-bond acceptors (Lipinski definition) is 4. The first-order valence-electron chi connectivity index (χ1n) is 6.80. The topological polar surface area (TPSA) is 104 Å². The van der Waals surface area contributed by atoms with Gasteiger partial charge in [-0.2, -0.15) is 10.4 Å². The number of rotatable bonds is 4. The van der Waals surface area contributed by atoms with Crippen LogP contribution in [0.25, 0.3) is 11.4 Å². The fourth-order valence-corrected chi connectivity index (χ4v) is 3.17. The van der Waals surface area contributed by atoms with Gasteiger partial charge in [-0.15, -0.1) is 0 Å². The van der Waals surface area contributed by atoms with E-state index in [0.29, 0.717) is 11.4 Å². The molecule has 0 amide bonds. The molecule has 3 aromatic rings. The minimum Gasteiger partial charge on any atom is -0.359 e. The van der Waals surface area contributed by atoms with Gasteiger partial charge in [0.25, 0.3) is 10.0 Å². The minimum atomic E-state index is -3.97. The molecule has 0 bridgehead atoms. The molecule has 122 valence electrons. The second kappa shape index (κ2) is 5.82. The van der Waals surface area contributed by atoms with Crippen LogP contribution in [0.4, 0.5) is 10.1 Å². The van der Waals surface area contributed by atoms with E-state index in [9.17, 15) is 12.8 Å². The lowest BCUT2D eigenvalue weighted by Gasteiger charge is -2.07. The lowest BCUT2D eigenvalue weighted by Crippen LogP contribution is -2.13. The molecule has 2 heterocycles. The van der Waals surface area contributed by atoms with Gasteiger partial charge in [-0.05, 0) is 30.3 Å². The predicted molar refractivity (Wildman–Crippen MR) is 84.9 cm³/mol. The lowest BCUT2D eigenvalue weighted by molar-refractivity contribution is 0.598. The van der Waals surface area contributed by atoms with Gasteiger partial charge in [-0.1, -0.05) is 0 Å². The van der Waals surface area contributed by atoms with Crippen molar-refractivity contribution in [1.29, 1.82) is 5.26 Å². The van der Waals surface area contributed by atoms with E-state index in [4.69, 9.17) is 5.26 Å². The Kier molecular flexibility index (Phi) is 3.83. The van der Waals surface area contributed by atoms with Crippen molar-refractivity contribution in [2.24, 2.45) is 7.05 Å². The molecule has 2 N–H and O–H groups in total. The fourth-order valence-electron chi connectivity index (χ4n) is 2.11. The van der Waals surface area contributed by atoms with E-state index in [1.165, 1.54) is 24.4 Å². The van der Waals surface area contributed by atoms with Crippen LogP contribution in [0, 0.1) is 17.1 Å². The Morgan fingerprint density at radius 3 is 2.75 bits per heavy atom. The smallest absolute Gasteiger partial charge is 0.263 e. The number of H-pyrrole nitrogens is 1. The van der Waals surface area contributed by atoms with Crippen molar-refractivity contribution < 1.29 is 12.8 Å². The molecule has 0 aliphatic heterocycles. The van der Waals surface area contributed by atoms with Crippen molar-refractivity contribution in [3.05, 3.63) is 54.1 Å². The largest absolute Gasteiger partial charge is 0.359 e. The van der Waals surface area contributed by atoms with Gasteiger partial charge in [-0.3, -0.25) is 9.40 Å². The highest BCUT2D eigenvalue weighted by Gasteiger charge is 2.19. The number of anilines is 1. The number of nitriles is 1. The number of aryl methyl sites for hydroxylation is 1. The number of halogens is 1. The van der Waals surface area contributed by atoms with Gasteiger partial charge < -0.3 is 4.98 Å². The molecule has 0 unspecified atom stereocenters. The fraction of sp³-hybridized carbons (Fsp3) is 0.0667. The van der Waals surface area contributed by atoms with Crippen LogP contribution in [-0.4, -0.2) is 23.2 Å². The van der Waals surface area contributed by atoms with Gasteiger partial charge in [0.05, 0.1) is 23.0 Å². The van der Waals surface area contributed by atoms with E-state index in [1.807, 2.05) is 0 Å². The van der Waals surface area contributed by atoms with E-state index in [1.54, 1.807) is 30.1 Å².